The second kappa shape index (κ2) is 8.16. The topological polar surface area (TPSA) is 77.3 Å². The van der Waals surface area contributed by atoms with Gasteiger partial charge in [0, 0.05) is 31.2 Å². The number of carbonyl (C=O) groups excluding carboxylic acids is 2. The highest BCUT2D eigenvalue weighted by Crippen LogP contribution is 2.43. The number of aromatic nitrogens is 3. The minimum Gasteiger partial charge on any atom is -0.460 e. The summed E-state index contributed by atoms with van der Waals surface area (Å²) in [5, 5.41) is 6.70. The molecule has 32 heavy (non-hydrogen) atoms. The lowest BCUT2D eigenvalue weighted by atomic mass is 9.80. The molecule has 0 bridgehead atoms. The fraction of sp³-hybridized carbons (Fsp3) is 0.417. The Labute approximate surface area is 192 Å². The molecule has 0 saturated heterocycles. The van der Waals surface area contributed by atoms with E-state index in [1.807, 2.05) is 63.7 Å². The van der Waals surface area contributed by atoms with Crippen LogP contribution in [0.3, 0.4) is 0 Å². The lowest BCUT2D eigenvalue weighted by molar-refractivity contribution is -0.159. The van der Waals surface area contributed by atoms with Crippen LogP contribution in [0.5, 0.6) is 0 Å². The SMILES string of the molecule is CN(C(=O)C1(CC(=O)OC(C)(C)C)Cc2ccccc2C1)c1nc(-c2cnn(C)c2)cs1. The predicted octanol–water partition coefficient (Wildman–Crippen LogP) is 4.02. The van der Waals surface area contributed by atoms with E-state index < -0.39 is 11.0 Å². The number of aryl methyl sites for hydroxylation is 1. The molecule has 0 spiro atoms. The van der Waals surface area contributed by atoms with Crippen molar-refractivity contribution >= 4 is 28.3 Å². The largest absolute Gasteiger partial charge is 0.460 e. The van der Waals surface area contributed by atoms with Crippen LogP contribution in [-0.2, 0) is 34.2 Å². The number of carbonyl (C=O) groups is 2. The summed E-state index contributed by atoms with van der Waals surface area (Å²) in [6.07, 6.45) is 4.68. The minimum atomic E-state index is -0.888. The van der Waals surface area contributed by atoms with Gasteiger partial charge in [-0.3, -0.25) is 19.2 Å². The molecular formula is C24H28N4O3S. The van der Waals surface area contributed by atoms with Crippen molar-refractivity contribution in [2.24, 2.45) is 12.5 Å². The lowest BCUT2D eigenvalue weighted by Gasteiger charge is -2.31. The Morgan fingerprint density at radius 2 is 1.88 bits per heavy atom. The summed E-state index contributed by atoms with van der Waals surface area (Å²) in [6.45, 7) is 5.51. The highest BCUT2D eigenvalue weighted by molar-refractivity contribution is 7.14. The van der Waals surface area contributed by atoms with Crippen LogP contribution in [0.2, 0.25) is 0 Å². The average molecular weight is 453 g/mol. The van der Waals surface area contributed by atoms with Crippen LogP contribution in [0, 0.1) is 5.41 Å². The molecule has 2 aromatic heterocycles. The van der Waals surface area contributed by atoms with Crippen molar-refractivity contribution in [2.75, 3.05) is 11.9 Å². The number of benzene rings is 1. The molecule has 0 saturated carbocycles. The van der Waals surface area contributed by atoms with Gasteiger partial charge in [0.1, 0.15) is 5.60 Å². The van der Waals surface area contributed by atoms with Crippen LogP contribution >= 0.6 is 11.3 Å². The van der Waals surface area contributed by atoms with E-state index in [4.69, 9.17) is 4.74 Å². The number of esters is 1. The molecule has 4 rings (SSSR count). The summed E-state index contributed by atoms with van der Waals surface area (Å²) in [7, 11) is 3.58. The van der Waals surface area contributed by atoms with Gasteiger partial charge in [0.05, 0.1) is 23.7 Å². The number of ether oxygens (including phenoxy) is 1. The summed E-state index contributed by atoms with van der Waals surface area (Å²) < 4.78 is 7.31. The van der Waals surface area contributed by atoms with Crippen LogP contribution in [0.15, 0.2) is 42.0 Å². The number of anilines is 1. The first kappa shape index (κ1) is 22.2. The number of hydrogen-bond acceptors (Lipinski definition) is 6. The van der Waals surface area contributed by atoms with Crippen molar-refractivity contribution in [3.63, 3.8) is 0 Å². The maximum Gasteiger partial charge on any atom is 0.307 e. The number of hydrogen-bond donors (Lipinski definition) is 0. The molecule has 8 heteroatoms. The van der Waals surface area contributed by atoms with E-state index in [2.05, 4.69) is 10.1 Å². The van der Waals surface area contributed by atoms with Crippen LogP contribution in [0.25, 0.3) is 11.3 Å². The van der Waals surface area contributed by atoms with Gasteiger partial charge in [-0.15, -0.1) is 11.3 Å². The number of nitrogens with zero attached hydrogens (tertiary/aromatic N) is 4. The number of fused-ring (bicyclic) bond motifs is 1. The summed E-state index contributed by atoms with van der Waals surface area (Å²) in [5.74, 6) is -0.478. The van der Waals surface area contributed by atoms with Gasteiger partial charge in [-0.05, 0) is 44.7 Å². The van der Waals surface area contributed by atoms with Gasteiger partial charge in [0.25, 0.3) is 0 Å². The molecule has 168 valence electrons. The third-order valence-corrected chi connectivity index (χ3v) is 6.53. The molecule has 0 unspecified atom stereocenters. The van der Waals surface area contributed by atoms with E-state index in [0.29, 0.717) is 18.0 Å². The number of thiazole rings is 1. The van der Waals surface area contributed by atoms with E-state index in [9.17, 15) is 9.59 Å². The van der Waals surface area contributed by atoms with Crippen molar-refractivity contribution in [1.82, 2.24) is 14.8 Å². The van der Waals surface area contributed by atoms with Gasteiger partial charge < -0.3 is 4.74 Å². The Balaban J connectivity index is 1.62. The van der Waals surface area contributed by atoms with E-state index in [-0.39, 0.29) is 18.3 Å². The number of amides is 1. The summed E-state index contributed by atoms with van der Waals surface area (Å²) in [4.78, 5) is 32.9. The van der Waals surface area contributed by atoms with Gasteiger partial charge in [-0.25, -0.2) is 4.98 Å². The van der Waals surface area contributed by atoms with Crippen LogP contribution in [0.1, 0.15) is 38.3 Å². The van der Waals surface area contributed by atoms with Gasteiger partial charge in [0.15, 0.2) is 5.13 Å². The Morgan fingerprint density at radius 3 is 2.44 bits per heavy atom. The molecule has 0 radical (unpaired) electrons. The fourth-order valence-corrected chi connectivity index (χ4v) is 5.04. The van der Waals surface area contributed by atoms with Crippen LogP contribution in [-0.4, -0.2) is 39.3 Å². The maximum absolute atomic E-state index is 13.9. The highest BCUT2D eigenvalue weighted by atomic mass is 32.1. The van der Waals surface area contributed by atoms with E-state index in [0.717, 1.165) is 22.4 Å². The maximum atomic E-state index is 13.9. The van der Waals surface area contributed by atoms with E-state index in [1.54, 1.807) is 22.8 Å². The van der Waals surface area contributed by atoms with Crippen molar-refractivity contribution in [2.45, 2.75) is 45.6 Å². The van der Waals surface area contributed by atoms with Crippen LogP contribution < -0.4 is 4.90 Å². The Kier molecular flexibility index (Phi) is 5.67. The third-order valence-electron chi connectivity index (χ3n) is 5.62. The molecule has 0 N–H and O–H groups in total. The van der Waals surface area contributed by atoms with Gasteiger partial charge in [-0.2, -0.15) is 5.10 Å². The zero-order valence-corrected chi connectivity index (χ0v) is 19.9. The molecular weight excluding hydrogens is 424 g/mol. The molecule has 1 aliphatic carbocycles. The van der Waals surface area contributed by atoms with Crippen molar-refractivity contribution in [3.05, 3.63) is 53.2 Å². The zero-order chi connectivity index (χ0) is 23.1. The molecule has 7 nitrogen and oxygen atoms in total. The first-order valence-corrected chi connectivity index (χ1v) is 11.5. The molecule has 1 amide bonds. The Morgan fingerprint density at radius 1 is 1.22 bits per heavy atom. The summed E-state index contributed by atoms with van der Waals surface area (Å²) in [6, 6.07) is 8.00. The van der Waals surface area contributed by atoms with E-state index >= 15 is 0 Å². The minimum absolute atomic E-state index is 0.0307. The molecule has 0 atom stereocenters. The Bertz CT molecular complexity index is 1130. The third kappa shape index (κ3) is 4.46. The molecule has 2 heterocycles. The standard InChI is InChI=1S/C24H28N4O3S/c1-23(2,3)31-20(29)12-24(10-16-8-6-7-9-17(16)11-24)21(30)28(5)22-26-19(15-32-22)18-13-25-27(4)14-18/h6-9,13-15H,10-12H2,1-5H3. The summed E-state index contributed by atoms with van der Waals surface area (Å²) in [5.41, 5.74) is 2.38. The van der Waals surface area contributed by atoms with Crippen LogP contribution in [0.4, 0.5) is 5.13 Å². The lowest BCUT2D eigenvalue weighted by Crippen LogP contribution is -2.45. The molecule has 3 aromatic rings. The molecule has 1 aromatic carbocycles. The van der Waals surface area contributed by atoms with Crippen molar-refractivity contribution in [1.29, 1.82) is 0 Å². The highest BCUT2D eigenvalue weighted by Gasteiger charge is 2.48. The molecule has 0 aliphatic heterocycles. The van der Waals surface area contributed by atoms with E-state index in [1.165, 1.54) is 11.3 Å². The zero-order valence-electron chi connectivity index (χ0n) is 19.1. The quantitative estimate of drug-likeness (QED) is 0.547. The fourth-order valence-electron chi connectivity index (χ4n) is 4.25. The first-order chi connectivity index (χ1) is 15.1. The second-order valence-corrected chi connectivity index (χ2v) is 10.3. The summed E-state index contributed by atoms with van der Waals surface area (Å²) >= 11 is 1.40. The Hall–Kier alpha value is -3.00. The van der Waals surface area contributed by atoms with Gasteiger partial charge in [0.2, 0.25) is 5.91 Å². The second-order valence-electron chi connectivity index (χ2n) is 9.45. The van der Waals surface area contributed by atoms with Gasteiger partial charge >= 0.3 is 5.97 Å². The first-order valence-electron chi connectivity index (χ1n) is 10.6. The normalized spacial score (nSPS) is 14.8. The smallest absolute Gasteiger partial charge is 0.307 e. The molecule has 0 fully saturated rings. The van der Waals surface area contributed by atoms with Crippen molar-refractivity contribution < 1.29 is 14.3 Å². The van der Waals surface area contributed by atoms with Crippen molar-refractivity contribution in [3.8, 4) is 11.3 Å². The monoisotopic (exact) mass is 452 g/mol. The average Bonchev–Trinajstić information content (AvgIpc) is 3.42. The number of rotatable bonds is 5. The molecule has 1 aliphatic rings. The van der Waals surface area contributed by atoms with Gasteiger partial charge in [-0.1, -0.05) is 24.3 Å². The predicted molar refractivity (Wildman–Crippen MR) is 124 cm³/mol.